The Balaban J connectivity index is 3.04. The Morgan fingerprint density at radius 3 is 2.43 bits per heavy atom. The molecule has 1 aromatic heterocycles. The van der Waals surface area contributed by atoms with Crippen molar-refractivity contribution in [2.75, 3.05) is 0 Å². The first-order valence-electron chi connectivity index (χ1n) is 1.53. The first kappa shape index (κ1) is 4.83. The van der Waals surface area contributed by atoms with E-state index in [1.165, 1.54) is 0 Å². The van der Waals surface area contributed by atoms with E-state index in [1.54, 1.807) is 0 Å². The molecule has 0 amide bonds. The van der Waals surface area contributed by atoms with Crippen molar-refractivity contribution in [3.63, 3.8) is 0 Å². The zero-order valence-corrected chi connectivity index (χ0v) is 4.84. The fourth-order valence-corrected chi connectivity index (χ4v) is 0.461. The summed E-state index contributed by atoms with van der Waals surface area (Å²) in [4.78, 5) is 0.310. The van der Waals surface area contributed by atoms with Crippen LogP contribution in [0.2, 0.25) is 0 Å². The second-order valence-electron chi connectivity index (χ2n) is 0.893. The van der Waals surface area contributed by atoms with E-state index in [-0.39, 0.29) is 5.79 Å². The molecule has 0 spiro atoms. The van der Waals surface area contributed by atoms with Crippen molar-refractivity contribution >= 4 is 29.6 Å². The summed E-state index contributed by atoms with van der Waals surface area (Å²) in [5, 5.41) is 6.72. The van der Waals surface area contributed by atoms with E-state index < -0.39 is 0 Å². The highest BCUT2D eigenvalue weighted by Gasteiger charge is 1.91. The molecule has 0 N–H and O–H groups in total. The molecule has 0 aliphatic rings. The quantitative estimate of drug-likeness (QED) is 0.484. The topological polar surface area (TPSA) is 38.9 Å². The maximum Gasteiger partial charge on any atom is 0.283 e. The molecule has 0 atom stereocenters. The van der Waals surface area contributed by atoms with Gasteiger partial charge >= 0.3 is 0 Å². The minimum absolute atomic E-state index is 0.0758. The standard InChI is InChI=1S/C2BBrN2O/c3-1-5-6-2(4)7-1. The predicted molar refractivity (Wildman–Crippen MR) is 27.4 cm³/mol. The second kappa shape index (κ2) is 1.65. The first-order valence-corrected chi connectivity index (χ1v) is 2.33. The van der Waals surface area contributed by atoms with Gasteiger partial charge in [-0.05, 0) is 0 Å². The Hall–Kier alpha value is -0.315. The molecule has 0 bridgehead atoms. The van der Waals surface area contributed by atoms with Crippen LogP contribution >= 0.6 is 15.9 Å². The molecule has 0 saturated heterocycles. The van der Waals surface area contributed by atoms with Crippen LogP contribution in [0, 0.1) is 0 Å². The summed E-state index contributed by atoms with van der Waals surface area (Å²) < 4.78 is 4.56. The number of halogens is 1. The van der Waals surface area contributed by atoms with Gasteiger partial charge in [0.05, 0.1) is 0 Å². The van der Waals surface area contributed by atoms with Gasteiger partial charge in [0, 0.05) is 15.9 Å². The Morgan fingerprint density at radius 1 is 1.57 bits per heavy atom. The van der Waals surface area contributed by atoms with E-state index in [2.05, 4.69) is 30.5 Å². The average molecular weight is 159 g/mol. The van der Waals surface area contributed by atoms with E-state index in [0.717, 1.165) is 0 Å². The van der Waals surface area contributed by atoms with Gasteiger partial charge in [-0.15, -0.1) is 10.2 Å². The summed E-state index contributed by atoms with van der Waals surface area (Å²) in [7, 11) is 5.01. The molecule has 3 nitrogen and oxygen atoms in total. The highest BCUT2D eigenvalue weighted by atomic mass is 79.9. The van der Waals surface area contributed by atoms with Crippen LogP contribution in [0.4, 0.5) is 0 Å². The van der Waals surface area contributed by atoms with Gasteiger partial charge in [0.25, 0.3) is 4.80 Å². The van der Waals surface area contributed by atoms with Gasteiger partial charge in [-0.1, -0.05) is 0 Å². The maximum absolute atomic E-state index is 5.01. The molecule has 0 aromatic carbocycles. The van der Waals surface area contributed by atoms with Crippen LogP contribution in [0.15, 0.2) is 9.22 Å². The third kappa shape index (κ3) is 1.02. The van der Waals surface area contributed by atoms with Crippen LogP contribution in [-0.2, 0) is 0 Å². The summed E-state index contributed by atoms with van der Waals surface area (Å²) in [5.74, 6) is 0.0758. The van der Waals surface area contributed by atoms with Crippen LogP contribution < -0.4 is 5.79 Å². The van der Waals surface area contributed by atoms with Crippen molar-refractivity contribution < 1.29 is 4.42 Å². The molecule has 1 aromatic rings. The van der Waals surface area contributed by atoms with E-state index >= 15 is 0 Å². The third-order valence-corrected chi connectivity index (χ3v) is 0.736. The van der Waals surface area contributed by atoms with Gasteiger partial charge in [-0.2, -0.15) is 0 Å². The van der Waals surface area contributed by atoms with E-state index in [4.69, 9.17) is 7.85 Å². The molecule has 0 fully saturated rings. The largest absolute Gasteiger partial charge is 0.428 e. The minimum atomic E-state index is 0.0758. The van der Waals surface area contributed by atoms with Gasteiger partial charge in [0.15, 0.2) is 13.6 Å². The van der Waals surface area contributed by atoms with Crippen LogP contribution in [-0.4, -0.2) is 18.0 Å². The zero-order valence-electron chi connectivity index (χ0n) is 3.26. The summed E-state index contributed by atoms with van der Waals surface area (Å²) in [6.07, 6.45) is 0. The first-order chi connectivity index (χ1) is 3.29. The molecule has 5 heteroatoms. The number of rotatable bonds is 0. The highest BCUT2D eigenvalue weighted by molar-refractivity contribution is 9.10. The van der Waals surface area contributed by atoms with Crippen LogP contribution in [0.5, 0.6) is 0 Å². The lowest BCUT2D eigenvalue weighted by atomic mass is 10.2. The number of hydrogen-bond donors (Lipinski definition) is 0. The van der Waals surface area contributed by atoms with Crippen LogP contribution in [0.1, 0.15) is 0 Å². The molecule has 0 saturated carbocycles. The minimum Gasteiger partial charge on any atom is -0.428 e. The van der Waals surface area contributed by atoms with E-state index in [1.807, 2.05) is 0 Å². The third-order valence-electron chi connectivity index (χ3n) is 0.416. The lowest BCUT2D eigenvalue weighted by molar-refractivity contribution is 0.558. The fraction of sp³-hybridized carbons (Fsp3) is 0. The maximum atomic E-state index is 5.01. The lowest BCUT2D eigenvalue weighted by Gasteiger charge is -1.68. The molecule has 1 heterocycles. The number of nitrogens with zero attached hydrogens (tertiary/aromatic N) is 2. The molecule has 34 valence electrons. The second-order valence-corrected chi connectivity index (χ2v) is 1.57. The fourth-order valence-electron chi connectivity index (χ4n) is 0.216. The smallest absolute Gasteiger partial charge is 0.283 e. The van der Waals surface area contributed by atoms with Gasteiger partial charge in [0.2, 0.25) is 0 Å². The Morgan fingerprint density at radius 2 is 2.29 bits per heavy atom. The summed E-state index contributed by atoms with van der Waals surface area (Å²) >= 11 is 2.91. The summed E-state index contributed by atoms with van der Waals surface area (Å²) in [6.45, 7) is 0. The zero-order chi connectivity index (χ0) is 5.28. The lowest BCUT2D eigenvalue weighted by Crippen LogP contribution is -2.00. The van der Waals surface area contributed by atoms with Crippen molar-refractivity contribution in [3.8, 4) is 0 Å². The van der Waals surface area contributed by atoms with Gasteiger partial charge in [0.1, 0.15) is 0 Å². The van der Waals surface area contributed by atoms with Crippen LogP contribution in [0.3, 0.4) is 0 Å². The predicted octanol–water partition coefficient (Wildman–Crippen LogP) is -0.374. The molecule has 0 aliphatic carbocycles. The van der Waals surface area contributed by atoms with Crippen LogP contribution in [0.25, 0.3) is 0 Å². The Labute approximate surface area is 49.7 Å². The molecular weight excluding hydrogens is 159 g/mol. The monoisotopic (exact) mass is 158 g/mol. The number of aromatic nitrogens is 2. The molecular formula is C2BBrN2O. The summed E-state index contributed by atoms with van der Waals surface area (Å²) in [5.41, 5.74) is 0. The summed E-state index contributed by atoms with van der Waals surface area (Å²) in [6, 6.07) is 0. The SMILES string of the molecule is [B]c1nnc(Br)o1. The van der Waals surface area contributed by atoms with Crippen molar-refractivity contribution in [1.29, 1.82) is 0 Å². The van der Waals surface area contributed by atoms with Crippen molar-refractivity contribution in [1.82, 2.24) is 10.2 Å². The Bertz CT molecular complexity index is 148. The normalized spacial score (nSPS) is 9.29. The average Bonchev–Trinajstić information content (AvgIpc) is 1.87. The molecule has 2 radical (unpaired) electrons. The van der Waals surface area contributed by atoms with E-state index in [9.17, 15) is 0 Å². The van der Waals surface area contributed by atoms with E-state index in [0.29, 0.717) is 4.80 Å². The van der Waals surface area contributed by atoms with Crippen molar-refractivity contribution in [2.45, 2.75) is 0 Å². The number of hydrogen-bond acceptors (Lipinski definition) is 3. The van der Waals surface area contributed by atoms with Gasteiger partial charge in [-0.25, -0.2) is 0 Å². The molecule has 7 heavy (non-hydrogen) atoms. The Kier molecular flexibility index (Phi) is 1.14. The van der Waals surface area contributed by atoms with Crippen molar-refractivity contribution in [3.05, 3.63) is 4.80 Å². The molecule has 0 aliphatic heterocycles. The molecule has 0 unspecified atom stereocenters. The highest BCUT2D eigenvalue weighted by Crippen LogP contribution is 1.97. The van der Waals surface area contributed by atoms with Crippen molar-refractivity contribution in [2.24, 2.45) is 0 Å². The molecule has 1 rings (SSSR count). The van der Waals surface area contributed by atoms with Gasteiger partial charge < -0.3 is 4.42 Å². The van der Waals surface area contributed by atoms with Gasteiger partial charge in [-0.3, -0.25) is 0 Å².